The number of hydrogen-bond donors (Lipinski definition) is 0. The van der Waals surface area contributed by atoms with Crippen LogP contribution in [0.3, 0.4) is 0 Å². The second kappa shape index (κ2) is 12.3. The minimum Gasteiger partial charge on any atom is -0.468 e. The largest absolute Gasteiger partial charge is 0.468 e. The van der Waals surface area contributed by atoms with Crippen molar-refractivity contribution in [1.29, 1.82) is 0 Å². The minimum absolute atomic E-state index is 0.0300. The van der Waals surface area contributed by atoms with Gasteiger partial charge in [-0.25, -0.2) is 0 Å². The number of nitrogens with zero attached hydrogens (tertiary/aromatic N) is 2. The average molecular weight is 743 g/mol. The van der Waals surface area contributed by atoms with Gasteiger partial charge < -0.3 is 13.7 Å². The third-order valence-electron chi connectivity index (χ3n) is 12.8. The number of fused-ring (bicyclic) bond motifs is 9. The standard InChI is InChI=1S/C52H47BN2O2/c1-51(2,3)34-22-26-36(27-23-34)54-42-30-33(39-19-13-15-32-14-7-8-16-38(32)39)31-43-47(42)53(49-48(54)41-18-10-12-21-45(41)56-49)46-40-17-9-11-20-44(40)57-50(46)55(43)37-28-24-35(25-29-37)52(4,5)6/h9-13,15,17-31H,7-8,14,16H2,1-6H3. The molecular weight excluding hydrogens is 695 g/mol. The Morgan fingerprint density at radius 1 is 0.544 bits per heavy atom. The summed E-state index contributed by atoms with van der Waals surface area (Å²) in [6.07, 6.45) is 4.69. The molecule has 0 spiro atoms. The maximum absolute atomic E-state index is 7.13. The fourth-order valence-electron chi connectivity index (χ4n) is 9.85. The summed E-state index contributed by atoms with van der Waals surface area (Å²) in [7, 11) is 0. The Kier molecular flexibility index (Phi) is 7.40. The summed E-state index contributed by atoms with van der Waals surface area (Å²) in [4.78, 5) is 4.89. The number of anilines is 6. The normalized spacial score (nSPS) is 14.8. The number of benzene rings is 6. The van der Waals surface area contributed by atoms with E-state index in [2.05, 4.69) is 179 Å². The molecule has 2 aromatic heterocycles. The van der Waals surface area contributed by atoms with Crippen LogP contribution in [0, 0.1) is 0 Å². The molecule has 0 fully saturated rings. The lowest BCUT2D eigenvalue weighted by molar-refractivity contribution is 0.590. The summed E-state index contributed by atoms with van der Waals surface area (Å²) in [5, 5.41) is 2.22. The average Bonchev–Trinajstić information content (AvgIpc) is 3.79. The van der Waals surface area contributed by atoms with Crippen LogP contribution < -0.4 is 26.4 Å². The molecule has 4 nitrogen and oxygen atoms in total. The van der Waals surface area contributed by atoms with E-state index in [1.165, 1.54) is 57.4 Å². The summed E-state index contributed by atoms with van der Waals surface area (Å²) in [6, 6.07) is 47.3. The molecular formula is C52H47BN2O2. The van der Waals surface area contributed by atoms with Crippen LogP contribution in [0.5, 0.6) is 0 Å². The van der Waals surface area contributed by atoms with Crippen molar-refractivity contribution >= 4 is 79.6 Å². The highest BCUT2D eigenvalue weighted by Crippen LogP contribution is 2.50. The van der Waals surface area contributed by atoms with Gasteiger partial charge in [0.15, 0.2) is 0 Å². The van der Waals surface area contributed by atoms with Crippen LogP contribution in [0.25, 0.3) is 33.1 Å². The van der Waals surface area contributed by atoms with Crippen molar-refractivity contribution < 1.29 is 8.83 Å². The molecule has 0 saturated heterocycles. The van der Waals surface area contributed by atoms with Gasteiger partial charge in [0.1, 0.15) is 11.2 Å². The Morgan fingerprint density at radius 2 is 1.12 bits per heavy atom. The van der Waals surface area contributed by atoms with E-state index in [9.17, 15) is 0 Å². The maximum Gasteiger partial charge on any atom is 0.302 e. The number of rotatable bonds is 3. The molecule has 1 aliphatic carbocycles. The van der Waals surface area contributed by atoms with Crippen LogP contribution in [0.2, 0.25) is 0 Å². The third-order valence-corrected chi connectivity index (χ3v) is 12.8. The van der Waals surface area contributed by atoms with Gasteiger partial charge >= 0.3 is 6.71 Å². The summed E-state index contributed by atoms with van der Waals surface area (Å²) in [5.41, 5.74) is 18.9. The smallest absolute Gasteiger partial charge is 0.302 e. The van der Waals surface area contributed by atoms with Gasteiger partial charge in [-0.3, -0.25) is 4.90 Å². The predicted molar refractivity (Wildman–Crippen MR) is 239 cm³/mol. The number of hydrogen-bond acceptors (Lipinski definition) is 4. The zero-order valence-corrected chi connectivity index (χ0v) is 33.7. The van der Waals surface area contributed by atoms with Gasteiger partial charge in [0.2, 0.25) is 5.88 Å². The van der Waals surface area contributed by atoms with E-state index in [0.717, 1.165) is 74.5 Å². The Bertz CT molecular complexity index is 2880. The molecule has 0 N–H and O–H groups in total. The first kappa shape index (κ1) is 34.3. The molecule has 11 rings (SSSR count). The molecule has 0 atom stereocenters. The van der Waals surface area contributed by atoms with Crippen molar-refractivity contribution in [2.45, 2.75) is 78.1 Å². The second-order valence-electron chi connectivity index (χ2n) is 18.4. The van der Waals surface area contributed by atoms with Crippen molar-refractivity contribution in [2.24, 2.45) is 0 Å². The fraction of sp³-hybridized carbons (Fsp3) is 0.231. The first-order valence-electron chi connectivity index (χ1n) is 20.7. The van der Waals surface area contributed by atoms with Crippen LogP contribution in [0.15, 0.2) is 136 Å². The van der Waals surface area contributed by atoms with Gasteiger partial charge in [-0.1, -0.05) is 114 Å². The lowest BCUT2D eigenvalue weighted by Crippen LogP contribution is -2.60. The van der Waals surface area contributed by atoms with Gasteiger partial charge in [0.05, 0.1) is 11.3 Å². The molecule has 0 amide bonds. The molecule has 57 heavy (non-hydrogen) atoms. The topological polar surface area (TPSA) is 32.8 Å². The Hall–Kier alpha value is -5.94. The molecule has 4 heterocycles. The van der Waals surface area contributed by atoms with E-state index in [0.29, 0.717) is 0 Å². The number of para-hydroxylation sites is 2. The minimum atomic E-state index is -0.190. The molecule has 6 aromatic carbocycles. The van der Waals surface area contributed by atoms with Crippen molar-refractivity contribution in [3.05, 3.63) is 150 Å². The molecule has 3 aliphatic rings. The molecule has 0 saturated carbocycles. The summed E-state index contributed by atoms with van der Waals surface area (Å²) >= 11 is 0. The van der Waals surface area contributed by atoms with Crippen LogP contribution in [0.4, 0.5) is 34.3 Å². The van der Waals surface area contributed by atoms with Gasteiger partial charge in [0.25, 0.3) is 0 Å². The lowest BCUT2D eigenvalue weighted by atomic mass is 9.35. The summed E-state index contributed by atoms with van der Waals surface area (Å²) in [6.45, 7) is 13.5. The molecule has 280 valence electrons. The van der Waals surface area contributed by atoms with Crippen molar-refractivity contribution in [1.82, 2.24) is 0 Å². The van der Waals surface area contributed by atoms with E-state index >= 15 is 0 Å². The SMILES string of the molecule is CC(C)(C)c1ccc(N2c3cc(-c4cccc5c4CCCC5)cc4c3B(c3oc5ccccc5c3N4c3ccc(C(C)(C)C)cc3)c3c2oc2ccccc32)cc1. The van der Waals surface area contributed by atoms with Gasteiger partial charge in [0, 0.05) is 39.0 Å². The van der Waals surface area contributed by atoms with Crippen molar-refractivity contribution in [2.75, 3.05) is 9.80 Å². The molecule has 2 aliphatic heterocycles. The summed E-state index contributed by atoms with van der Waals surface area (Å²) < 4.78 is 14.2. The Labute approximate surface area is 335 Å². The molecule has 0 radical (unpaired) electrons. The van der Waals surface area contributed by atoms with E-state index in [4.69, 9.17) is 8.83 Å². The van der Waals surface area contributed by atoms with Crippen LogP contribution >= 0.6 is 0 Å². The summed E-state index contributed by atoms with van der Waals surface area (Å²) in [5.74, 6) is 0.852. The predicted octanol–water partition coefficient (Wildman–Crippen LogP) is 12.4. The highest BCUT2D eigenvalue weighted by atomic mass is 16.4. The van der Waals surface area contributed by atoms with Gasteiger partial charge in [-0.05, 0) is 130 Å². The zero-order valence-electron chi connectivity index (χ0n) is 33.7. The molecule has 0 unspecified atom stereocenters. The third kappa shape index (κ3) is 5.21. The van der Waals surface area contributed by atoms with E-state index in [1.54, 1.807) is 0 Å². The number of aryl methyl sites for hydroxylation is 1. The highest BCUT2D eigenvalue weighted by molar-refractivity contribution is 7.01. The molecule has 5 heteroatoms. The Balaban J connectivity index is 1.27. The van der Waals surface area contributed by atoms with E-state index < -0.39 is 0 Å². The Morgan fingerprint density at radius 3 is 1.79 bits per heavy atom. The first-order valence-corrected chi connectivity index (χ1v) is 20.7. The van der Waals surface area contributed by atoms with Gasteiger partial charge in [-0.2, -0.15) is 0 Å². The van der Waals surface area contributed by atoms with E-state index in [-0.39, 0.29) is 17.5 Å². The number of furan rings is 2. The zero-order chi connectivity index (χ0) is 38.8. The van der Waals surface area contributed by atoms with Gasteiger partial charge in [-0.15, -0.1) is 0 Å². The second-order valence-corrected chi connectivity index (χ2v) is 18.4. The lowest BCUT2D eigenvalue weighted by Gasteiger charge is -2.41. The van der Waals surface area contributed by atoms with Crippen LogP contribution in [-0.4, -0.2) is 6.71 Å². The molecule has 0 bridgehead atoms. The quantitative estimate of drug-likeness (QED) is 0.169. The maximum atomic E-state index is 7.13. The van der Waals surface area contributed by atoms with Crippen LogP contribution in [0.1, 0.15) is 76.6 Å². The molecule has 8 aromatic rings. The van der Waals surface area contributed by atoms with E-state index in [1.807, 2.05) is 0 Å². The van der Waals surface area contributed by atoms with Crippen LogP contribution in [-0.2, 0) is 23.7 Å². The van der Waals surface area contributed by atoms with Crippen molar-refractivity contribution in [3.63, 3.8) is 0 Å². The first-order chi connectivity index (χ1) is 27.5. The van der Waals surface area contributed by atoms with Crippen molar-refractivity contribution in [3.8, 4) is 11.1 Å². The monoisotopic (exact) mass is 742 g/mol. The highest BCUT2D eigenvalue weighted by Gasteiger charge is 2.49. The fourth-order valence-corrected chi connectivity index (χ4v) is 9.85.